The number of aliphatic carboxylic acids is 1. The Kier molecular flexibility index (Phi) is 11.0. The molecule has 0 saturated carbocycles. The number of nitrogens with one attached hydrogen (secondary N) is 3. The van der Waals surface area contributed by atoms with E-state index in [0.717, 1.165) is 18.5 Å². The van der Waals surface area contributed by atoms with Gasteiger partial charge in [-0.3, -0.25) is 24.0 Å². The molecule has 6 N–H and O–H groups in total. The number of hydrogen-bond acceptors (Lipinski definition) is 7. The molecule has 40 heavy (non-hydrogen) atoms. The van der Waals surface area contributed by atoms with Crippen molar-refractivity contribution in [2.75, 3.05) is 26.7 Å². The van der Waals surface area contributed by atoms with Gasteiger partial charge >= 0.3 is 5.97 Å². The van der Waals surface area contributed by atoms with E-state index in [1.165, 1.54) is 0 Å². The van der Waals surface area contributed by atoms with Crippen molar-refractivity contribution in [1.82, 2.24) is 25.8 Å². The summed E-state index contributed by atoms with van der Waals surface area (Å²) >= 11 is 0. The molecule has 1 aromatic carbocycles. The van der Waals surface area contributed by atoms with Gasteiger partial charge in [-0.15, -0.1) is 0 Å². The quantitative estimate of drug-likeness (QED) is 0.152. The monoisotopic (exact) mass is 558 g/mol. The Morgan fingerprint density at radius 1 is 1.18 bits per heavy atom. The lowest BCUT2D eigenvalue weighted by molar-refractivity contribution is -0.151. The highest BCUT2D eigenvalue weighted by Gasteiger charge is 2.46. The van der Waals surface area contributed by atoms with Crippen LogP contribution < -0.4 is 21.7 Å². The van der Waals surface area contributed by atoms with Crippen LogP contribution in [0.2, 0.25) is 0 Å². The van der Waals surface area contributed by atoms with Gasteiger partial charge < -0.3 is 36.6 Å². The fourth-order valence-corrected chi connectivity index (χ4v) is 5.54. The molecule has 1 aromatic rings. The molecule has 2 aliphatic heterocycles. The van der Waals surface area contributed by atoms with Gasteiger partial charge in [0.2, 0.25) is 24.1 Å². The van der Waals surface area contributed by atoms with E-state index in [-0.39, 0.29) is 50.2 Å². The van der Waals surface area contributed by atoms with Crippen LogP contribution in [0.25, 0.3) is 0 Å². The molecule has 0 spiro atoms. The third kappa shape index (κ3) is 7.57. The van der Waals surface area contributed by atoms with E-state index < -0.39 is 35.5 Å². The average Bonchev–Trinajstić information content (AvgIpc) is 3.21. The molecular formula is C28H42N6O6. The molecule has 220 valence electrons. The number of benzene rings is 1. The van der Waals surface area contributed by atoms with Crippen molar-refractivity contribution in [1.29, 1.82) is 0 Å². The number of rotatable bonds is 14. The average molecular weight is 559 g/mol. The van der Waals surface area contributed by atoms with Crippen molar-refractivity contribution >= 4 is 30.1 Å². The van der Waals surface area contributed by atoms with Crippen LogP contribution in [0.15, 0.2) is 30.3 Å². The molecule has 0 radical (unpaired) electrons. The lowest BCUT2D eigenvalue weighted by atomic mass is 9.88. The first kappa shape index (κ1) is 31.0. The largest absolute Gasteiger partial charge is 0.480 e. The number of carbonyl (C=O) groups excluding carboxylic acids is 4. The molecule has 2 saturated heterocycles. The first-order valence-corrected chi connectivity index (χ1v) is 13.9. The minimum atomic E-state index is -1.36. The van der Waals surface area contributed by atoms with Gasteiger partial charge in [0.25, 0.3) is 0 Å². The van der Waals surface area contributed by atoms with E-state index in [1.807, 2.05) is 44.3 Å². The Bertz CT molecular complexity index is 1040. The van der Waals surface area contributed by atoms with Gasteiger partial charge in [0, 0.05) is 25.6 Å². The van der Waals surface area contributed by atoms with Gasteiger partial charge in [0.05, 0.1) is 0 Å². The van der Waals surface area contributed by atoms with E-state index in [4.69, 9.17) is 5.73 Å². The fraction of sp³-hybridized carbons (Fsp3) is 0.607. The molecule has 2 fully saturated rings. The van der Waals surface area contributed by atoms with Crippen LogP contribution in [0, 0.1) is 0 Å². The predicted octanol–water partition coefficient (Wildman–Crippen LogP) is -0.388. The van der Waals surface area contributed by atoms with Gasteiger partial charge in [-0.1, -0.05) is 30.3 Å². The second-order valence-corrected chi connectivity index (χ2v) is 10.8. The molecule has 2 aliphatic rings. The summed E-state index contributed by atoms with van der Waals surface area (Å²) in [4.78, 5) is 66.4. The van der Waals surface area contributed by atoms with Gasteiger partial charge in [-0.05, 0) is 64.6 Å². The van der Waals surface area contributed by atoms with Crippen LogP contribution in [0.3, 0.4) is 0 Å². The second kappa shape index (κ2) is 14.2. The second-order valence-electron chi connectivity index (χ2n) is 10.8. The van der Waals surface area contributed by atoms with Crippen LogP contribution in [0.1, 0.15) is 51.0 Å². The van der Waals surface area contributed by atoms with Crippen LogP contribution in [0.5, 0.6) is 0 Å². The maximum Gasteiger partial charge on any atom is 0.323 e. The third-order valence-electron chi connectivity index (χ3n) is 7.96. The zero-order valence-corrected chi connectivity index (χ0v) is 23.3. The highest BCUT2D eigenvalue weighted by molar-refractivity contribution is 5.95. The van der Waals surface area contributed by atoms with Crippen molar-refractivity contribution in [2.45, 2.75) is 81.6 Å². The molecule has 3 unspecified atom stereocenters. The molecule has 12 heteroatoms. The smallest absolute Gasteiger partial charge is 0.323 e. The number of carboxylic acids is 1. The number of amides is 4. The number of carboxylic acid groups (broad SMARTS) is 1. The zero-order chi connectivity index (χ0) is 29.3. The highest BCUT2D eigenvalue weighted by Crippen LogP contribution is 2.28. The normalized spacial score (nSPS) is 21.9. The molecule has 3 rings (SSSR count). The van der Waals surface area contributed by atoms with Crippen LogP contribution in [-0.4, -0.2) is 101 Å². The Balaban J connectivity index is 1.72. The van der Waals surface area contributed by atoms with E-state index >= 15 is 0 Å². The molecule has 2 heterocycles. The Hall–Kier alpha value is -3.51. The summed E-state index contributed by atoms with van der Waals surface area (Å²) in [6.45, 7) is 3.02. The Morgan fingerprint density at radius 2 is 1.85 bits per heavy atom. The summed E-state index contributed by atoms with van der Waals surface area (Å²) in [7, 11) is 1.85. The number of piperidine rings is 1. The summed E-state index contributed by atoms with van der Waals surface area (Å²) in [5, 5.41) is 17.9. The van der Waals surface area contributed by atoms with Gasteiger partial charge in [0.15, 0.2) is 0 Å². The zero-order valence-electron chi connectivity index (χ0n) is 23.3. The standard InChI is InChI=1S/C28H42N6O6/c1-19-16-22(32-24(36)21(31-18-35)17-20-8-4-3-5-9-20)25(37)34(19)23(10-6-7-13-30-2)26(38)33-14-11-28(29,12-15-33)27(39)40/h3-5,8-9,18-19,21-23,30H,6-7,10-17,29H2,1-2H3,(H,31,35)(H,32,36)(H,39,40)/t19?,21?,22-,23?/m1/s1. The van der Waals surface area contributed by atoms with Crippen LogP contribution >= 0.6 is 0 Å². The Morgan fingerprint density at radius 3 is 2.45 bits per heavy atom. The van der Waals surface area contributed by atoms with Gasteiger partial charge in [-0.2, -0.15) is 0 Å². The molecule has 12 nitrogen and oxygen atoms in total. The molecule has 0 aromatic heterocycles. The summed E-state index contributed by atoms with van der Waals surface area (Å²) < 4.78 is 0. The van der Waals surface area contributed by atoms with Crippen LogP contribution in [-0.2, 0) is 30.4 Å². The minimum absolute atomic E-state index is 0.134. The number of unbranched alkanes of at least 4 members (excludes halogenated alkanes) is 1. The molecular weight excluding hydrogens is 516 g/mol. The Labute approximate surface area is 235 Å². The van der Waals surface area contributed by atoms with E-state index in [0.29, 0.717) is 25.7 Å². The van der Waals surface area contributed by atoms with Crippen LogP contribution in [0.4, 0.5) is 0 Å². The fourth-order valence-electron chi connectivity index (χ4n) is 5.54. The van der Waals surface area contributed by atoms with Gasteiger partial charge in [-0.25, -0.2) is 0 Å². The maximum atomic E-state index is 13.7. The van der Waals surface area contributed by atoms with Crippen molar-refractivity contribution < 1.29 is 29.1 Å². The van der Waals surface area contributed by atoms with Crippen molar-refractivity contribution in [3.05, 3.63) is 35.9 Å². The van der Waals surface area contributed by atoms with Crippen molar-refractivity contribution in [2.24, 2.45) is 5.73 Å². The number of nitrogens with two attached hydrogens (primary N) is 1. The number of carbonyl (C=O) groups is 5. The summed E-state index contributed by atoms with van der Waals surface area (Å²) in [5.74, 6) is -2.12. The molecule has 4 atom stereocenters. The topological polar surface area (TPSA) is 174 Å². The SMILES string of the molecule is CNCCCCC(C(=O)N1CCC(N)(C(=O)O)CC1)N1C(=O)[C@H](NC(=O)C(Cc2ccccc2)NC=O)CC1C. The number of likely N-dealkylation sites (tertiary alicyclic amines) is 2. The first-order chi connectivity index (χ1) is 19.1. The molecule has 4 amide bonds. The maximum absolute atomic E-state index is 13.7. The van der Waals surface area contributed by atoms with E-state index in [9.17, 15) is 29.1 Å². The predicted molar refractivity (Wildman–Crippen MR) is 148 cm³/mol. The van der Waals surface area contributed by atoms with Gasteiger partial charge in [0.1, 0.15) is 23.7 Å². The number of nitrogens with zero attached hydrogens (tertiary/aromatic N) is 2. The summed E-state index contributed by atoms with van der Waals surface area (Å²) in [6.07, 6.45) is 3.31. The van der Waals surface area contributed by atoms with Crippen molar-refractivity contribution in [3.8, 4) is 0 Å². The third-order valence-corrected chi connectivity index (χ3v) is 7.96. The number of hydrogen-bond donors (Lipinski definition) is 5. The van der Waals surface area contributed by atoms with E-state index in [1.54, 1.807) is 9.80 Å². The molecule has 0 aliphatic carbocycles. The first-order valence-electron chi connectivity index (χ1n) is 13.9. The highest BCUT2D eigenvalue weighted by atomic mass is 16.4. The minimum Gasteiger partial charge on any atom is -0.480 e. The van der Waals surface area contributed by atoms with Crippen molar-refractivity contribution in [3.63, 3.8) is 0 Å². The lowest BCUT2D eigenvalue weighted by Gasteiger charge is -2.40. The van der Waals surface area contributed by atoms with E-state index in [2.05, 4.69) is 16.0 Å². The molecule has 0 bridgehead atoms. The lowest BCUT2D eigenvalue weighted by Crippen LogP contribution is -2.60. The summed E-state index contributed by atoms with van der Waals surface area (Å²) in [5.41, 5.74) is 5.50. The summed E-state index contributed by atoms with van der Waals surface area (Å²) in [6, 6.07) is 6.54.